The van der Waals surface area contributed by atoms with Crippen molar-refractivity contribution < 1.29 is 9.53 Å². The van der Waals surface area contributed by atoms with Crippen LogP contribution >= 0.6 is 0 Å². The van der Waals surface area contributed by atoms with Gasteiger partial charge in [0.1, 0.15) is 0 Å². The summed E-state index contributed by atoms with van der Waals surface area (Å²) in [5.74, 6) is -0.350. The van der Waals surface area contributed by atoms with Crippen molar-refractivity contribution in [3.8, 4) is 0 Å². The lowest BCUT2D eigenvalue weighted by molar-refractivity contribution is -0.137. The summed E-state index contributed by atoms with van der Waals surface area (Å²) in [6.07, 6.45) is 5.09. The monoisotopic (exact) mass is 427 g/mol. The molecule has 0 saturated heterocycles. The molecule has 3 aromatic carbocycles. The normalized spacial score (nSPS) is 10.6. The quantitative estimate of drug-likeness (QED) is 0.190. The number of carbonyl (C=O) groups excluding carboxylic acids is 1. The Hall–Kier alpha value is -3.33. The number of esters is 1. The number of unbranched alkanes of at least 4 members (excludes halogenated alkanes) is 2. The molecule has 0 spiro atoms. The molecule has 0 saturated carbocycles. The zero-order chi connectivity index (χ0) is 22.9. The molecule has 32 heavy (non-hydrogen) atoms. The number of nitrogens with zero attached hydrogens (tertiary/aromatic N) is 1. The van der Waals surface area contributed by atoms with Crippen LogP contribution in [-0.2, 0) is 16.0 Å². The van der Waals surface area contributed by atoms with Crippen LogP contribution in [0.2, 0.25) is 0 Å². The topological polar surface area (TPSA) is 29.5 Å². The van der Waals surface area contributed by atoms with Gasteiger partial charge in [-0.3, -0.25) is 0 Å². The van der Waals surface area contributed by atoms with Crippen molar-refractivity contribution in [3.05, 3.63) is 102 Å². The number of hydrogen-bond donors (Lipinski definition) is 0. The van der Waals surface area contributed by atoms with Gasteiger partial charge in [0.25, 0.3) is 0 Å². The first kappa shape index (κ1) is 23.3. The van der Waals surface area contributed by atoms with E-state index in [1.165, 1.54) is 39.7 Å². The van der Waals surface area contributed by atoms with Gasteiger partial charge in [0.15, 0.2) is 0 Å². The third-order valence-electron chi connectivity index (χ3n) is 5.77. The number of benzene rings is 3. The smallest absolute Gasteiger partial charge is 0.330 e. The number of aryl methyl sites for hydroxylation is 4. The van der Waals surface area contributed by atoms with E-state index in [4.69, 9.17) is 4.74 Å². The molecule has 0 atom stereocenters. The van der Waals surface area contributed by atoms with Crippen molar-refractivity contribution in [1.29, 1.82) is 0 Å². The lowest BCUT2D eigenvalue weighted by atomic mass is 10.0. The predicted molar refractivity (Wildman–Crippen MR) is 134 cm³/mol. The van der Waals surface area contributed by atoms with Gasteiger partial charge in [0.05, 0.1) is 6.61 Å². The van der Waals surface area contributed by atoms with Crippen LogP contribution in [0.25, 0.3) is 0 Å². The van der Waals surface area contributed by atoms with Crippen molar-refractivity contribution in [1.82, 2.24) is 0 Å². The van der Waals surface area contributed by atoms with E-state index in [-0.39, 0.29) is 5.97 Å². The number of para-hydroxylation sites is 1. The Morgan fingerprint density at radius 2 is 1.59 bits per heavy atom. The summed E-state index contributed by atoms with van der Waals surface area (Å²) in [5, 5.41) is 0. The maximum atomic E-state index is 11.2. The van der Waals surface area contributed by atoms with Crippen LogP contribution < -0.4 is 4.90 Å². The molecule has 0 aliphatic heterocycles. The maximum Gasteiger partial charge on any atom is 0.330 e. The van der Waals surface area contributed by atoms with E-state index in [9.17, 15) is 4.79 Å². The lowest BCUT2D eigenvalue weighted by Gasteiger charge is -2.28. The summed E-state index contributed by atoms with van der Waals surface area (Å²) in [7, 11) is 0. The van der Waals surface area contributed by atoms with E-state index in [0.29, 0.717) is 6.61 Å². The Kier molecular flexibility index (Phi) is 8.27. The van der Waals surface area contributed by atoms with Gasteiger partial charge in [-0.05, 0) is 93.5 Å². The first-order valence-corrected chi connectivity index (χ1v) is 11.3. The van der Waals surface area contributed by atoms with E-state index in [2.05, 4.69) is 99.0 Å². The standard InChI is InChI=1S/C29H33NO2/c1-5-29(31)32-20-10-6-7-11-25-12-8-9-13-28(25)30(26-17-14-22(2)15-18-26)27-19-16-23(3)24(4)21-27/h5,8-9,12-19,21H,1,6-7,10-11,20H2,2-4H3. The highest BCUT2D eigenvalue weighted by molar-refractivity contribution is 5.81. The van der Waals surface area contributed by atoms with Crippen LogP contribution in [-0.4, -0.2) is 12.6 Å². The highest BCUT2D eigenvalue weighted by Crippen LogP contribution is 2.37. The van der Waals surface area contributed by atoms with Crippen molar-refractivity contribution in [2.75, 3.05) is 11.5 Å². The van der Waals surface area contributed by atoms with E-state index < -0.39 is 0 Å². The van der Waals surface area contributed by atoms with E-state index in [1.54, 1.807) is 0 Å². The van der Waals surface area contributed by atoms with Gasteiger partial charge >= 0.3 is 5.97 Å². The molecule has 0 unspecified atom stereocenters. The SMILES string of the molecule is C=CC(=O)OCCCCCc1ccccc1N(c1ccc(C)cc1)c1ccc(C)c(C)c1. The molecular weight excluding hydrogens is 394 g/mol. The second-order valence-electron chi connectivity index (χ2n) is 8.25. The largest absolute Gasteiger partial charge is 0.463 e. The van der Waals surface area contributed by atoms with Crippen LogP contribution in [0, 0.1) is 20.8 Å². The van der Waals surface area contributed by atoms with Gasteiger partial charge in [-0.25, -0.2) is 4.79 Å². The average molecular weight is 428 g/mol. The summed E-state index contributed by atoms with van der Waals surface area (Å²) < 4.78 is 5.09. The fraction of sp³-hybridized carbons (Fsp3) is 0.276. The first-order chi connectivity index (χ1) is 15.5. The molecule has 3 nitrogen and oxygen atoms in total. The highest BCUT2D eigenvalue weighted by Gasteiger charge is 2.16. The molecule has 0 radical (unpaired) electrons. The zero-order valence-corrected chi connectivity index (χ0v) is 19.4. The number of rotatable bonds is 10. The summed E-state index contributed by atoms with van der Waals surface area (Å²) >= 11 is 0. The van der Waals surface area contributed by atoms with Crippen molar-refractivity contribution in [2.45, 2.75) is 46.5 Å². The molecule has 0 aliphatic rings. The molecule has 0 heterocycles. The van der Waals surface area contributed by atoms with Crippen molar-refractivity contribution in [3.63, 3.8) is 0 Å². The molecule has 166 valence electrons. The second-order valence-corrected chi connectivity index (χ2v) is 8.25. The van der Waals surface area contributed by atoms with Crippen LogP contribution in [0.15, 0.2) is 79.4 Å². The fourth-order valence-corrected chi connectivity index (χ4v) is 3.75. The molecule has 3 rings (SSSR count). The average Bonchev–Trinajstić information content (AvgIpc) is 2.80. The molecule has 0 aromatic heterocycles. The number of anilines is 3. The number of carbonyl (C=O) groups is 1. The highest BCUT2D eigenvalue weighted by atomic mass is 16.5. The van der Waals surface area contributed by atoms with Gasteiger partial charge in [0.2, 0.25) is 0 Å². The second kappa shape index (κ2) is 11.3. The van der Waals surface area contributed by atoms with E-state index in [1.807, 2.05) is 0 Å². The fourth-order valence-electron chi connectivity index (χ4n) is 3.75. The summed E-state index contributed by atoms with van der Waals surface area (Å²) in [4.78, 5) is 13.5. The Morgan fingerprint density at radius 1 is 0.875 bits per heavy atom. The first-order valence-electron chi connectivity index (χ1n) is 11.3. The zero-order valence-electron chi connectivity index (χ0n) is 19.4. The van der Waals surface area contributed by atoms with Crippen molar-refractivity contribution in [2.24, 2.45) is 0 Å². The molecule has 0 N–H and O–H groups in total. The van der Waals surface area contributed by atoms with Gasteiger partial charge in [0, 0.05) is 23.1 Å². The number of ether oxygens (including phenoxy) is 1. The van der Waals surface area contributed by atoms with Gasteiger partial charge in [-0.15, -0.1) is 0 Å². The summed E-state index contributed by atoms with van der Waals surface area (Å²) in [6, 6.07) is 24.0. The molecular formula is C29H33NO2. The summed E-state index contributed by atoms with van der Waals surface area (Å²) in [6.45, 7) is 10.3. The Labute approximate surface area is 192 Å². The molecule has 3 aromatic rings. The molecule has 0 amide bonds. The van der Waals surface area contributed by atoms with E-state index >= 15 is 0 Å². The van der Waals surface area contributed by atoms with Crippen LogP contribution in [0.5, 0.6) is 0 Å². The van der Waals surface area contributed by atoms with E-state index in [0.717, 1.165) is 31.4 Å². The third kappa shape index (κ3) is 6.10. The molecule has 0 bridgehead atoms. The Morgan fingerprint density at radius 3 is 2.31 bits per heavy atom. The van der Waals surface area contributed by atoms with Gasteiger partial charge < -0.3 is 9.64 Å². The van der Waals surface area contributed by atoms with Gasteiger partial charge in [-0.1, -0.05) is 48.5 Å². The Bertz CT molecular complexity index is 1050. The maximum absolute atomic E-state index is 11.2. The molecule has 0 aliphatic carbocycles. The van der Waals surface area contributed by atoms with Gasteiger partial charge in [-0.2, -0.15) is 0 Å². The summed E-state index contributed by atoms with van der Waals surface area (Å²) in [5.41, 5.74) is 8.67. The van der Waals surface area contributed by atoms with Crippen molar-refractivity contribution >= 4 is 23.0 Å². The Balaban J connectivity index is 1.84. The third-order valence-corrected chi connectivity index (χ3v) is 5.77. The van der Waals surface area contributed by atoms with Crippen LogP contribution in [0.4, 0.5) is 17.1 Å². The minimum Gasteiger partial charge on any atom is -0.463 e. The minimum absolute atomic E-state index is 0.350. The lowest BCUT2D eigenvalue weighted by Crippen LogP contribution is -2.12. The molecule has 0 fully saturated rings. The van der Waals surface area contributed by atoms with Crippen LogP contribution in [0.1, 0.15) is 41.5 Å². The number of hydrogen-bond acceptors (Lipinski definition) is 3. The predicted octanol–water partition coefficient (Wildman–Crippen LogP) is 7.52. The van der Waals surface area contributed by atoms with Crippen LogP contribution in [0.3, 0.4) is 0 Å². The minimum atomic E-state index is -0.350. The molecule has 3 heteroatoms.